The molecule has 4 aliphatic heterocycles. The molecule has 0 spiro atoms. The molecule has 3 saturated heterocycles. The lowest BCUT2D eigenvalue weighted by atomic mass is 9.95. The van der Waals surface area contributed by atoms with Crippen molar-refractivity contribution in [3.8, 4) is 0 Å². The summed E-state index contributed by atoms with van der Waals surface area (Å²) in [5.74, 6) is -0.732. The van der Waals surface area contributed by atoms with Gasteiger partial charge in [0.05, 0.1) is 0 Å². The van der Waals surface area contributed by atoms with E-state index in [4.69, 9.17) is 0 Å². The molecule has 3 fully saturated rings. The second-order valence-corrected chi connectivity index (χ2v) is 8.16. The fourth-order valence-corrected chi connectivity index (χ4v) is 5.01. The van der Waals surface area contributed by atoms with E-state index in [0.29, 0.717) is 36.7 Å². The van der Waals surface area contributed by atoms with Crippen molar-refractivity contribution < 1.29 is 14.4 Å². The number of nitrogens with one attached hydrogen (secondary N) is 3. The molecular formula is C20H24N4O3. The van der Waals surface area contributed by atoms with Gasteiger partial charge < -0.3 is 15.5 Å². The molecule has 1 aromatic carbocycles. The quantitative estimate of drug-likeness (QED) is 0.671. The number of hydrogen-bond donors (Lipinski definition) is 3. The summed E-state index contributed by atoms with van der Waals surface area (Å²) in [5, 5.41) is 9.60. The Morgan fingerprint density at radius 1 is 1.15 bits per heavy atom. The lowest BCUT2D eigenvalue weighted by Gasteiger charge is -2.29. The Kier molecular flexibility index (Phi) is 4.02. The molecule has 0 aromatic heterocycles. The minimum Gasteiger partial charge on any atom is -0.322 e. The first-order valence-corrected chi connectivity index (χ1v) is 9.84. The minimum atomic E-state index is -0.552. The number of rotatable bonds is 4. The predicted octanol–water partition coefficient (Wildman–Crippen LogP) is 0.430. The Bertz CT molecular complexity index is 823. The van der Waals surface area contributed by atoms with Gasteiger partial charge in [-0.1, -0.05) is 12.1 Å². The molecular weight excluding hydrogens is 344 g/mol. The van der Waals surface area contributed by atoms with Crippen molar-refractivity contribution in [2.45, 2.75) is 69.4 Å². The first kappa shape index (κ1) is 16.9. The molecule has 2 bridgehead atoms. The van der Waals surface area contributed by atoms with Gasteiger partial charge in [0.1, 0.15) is 6.04 Å². The van der Waals surface area contributed by atoms with Crippen LogP contribution < -0.4 is 16.0 Å². The summed E-state index contributed by atoms with van der Waals surface area (Å²) in [7, 11) is 0. The maximum absolute atomic E-state index is 12.9. The van der Waals surface area contributed by atoms with Crippen molar-refractivity contribution in [1.82, 2.24) is 20.9 Å². The van der Waals surface area contributed by atoms with Crippen LogP contribution >= 0.6 is 0 Å². The summed E-state index contributed by atoms with van der Waals surface area (Å²) in [5.41, 5.74) is 2.73. The van der Waals surface area contributed by atoms with Gasteiger partial charge >= 0.3 is 0 Å². The molecule has 4 aliphatic rings. The predicted molar refractivity (Wildman–Crippen MR) is 97.7 cm³/mol. The van der Waals surface area contributed by atoms with Gasteiger partial charge in [-0.2, -0.15) is 0 Å². The Balaban J connectivity index is 1.27. The van der Waals surface area contributed by atoms with E-state index >= 15 is 0 Å². The normalized spacial score (nSPS) is 32.1. The van der Waals surface area contributed by atoms with E-state index in [-0.39, 0.29) is 24.1 Å². The van der Waals surface area contributed by atoms with Crippen LogP contribution in [-0.2, 0) is 22.7 Å². The molecule has 27 heavy (non-hydrogen) atoms. The van der Waals surface area contributed by atoms with Crippen LogP contribution in [-0.4, -0.2) is 46.8 Å². The van der Waals surface area contributed by atoms with Crippen LogP contribution in [0.25, 0.3) is 0 Å². The van der Waals surface area contributed by atoms with E-state index in [2.05, 4.69) is 22.0 Å². The number of hydrogen-bond acceptors (Lipinski definition) is 5. The standard InChI is InChI=1S/C20H24N4O3/c25-18-6-5-17(19(26)23-18)24-10-12-2-1-11(7-14(12)20(24)27)9-21-16-8-13-3-4-15(16)22-13/h1-2,7,13,15-17,21-22H,3-6,8-10H2,(H,23,25,26)/t13-,15+,16+,17?/m0/s1. The summed E-state index contributed by atoms with van der Waals surface area (Å²) in [6.45, 7) is 1.18. The summed E-state index contributed by atoms with van der Waals surface area (Å²) in [6, 6.07) is 7.21. The molecule has 3 N–H and O–H groups in total. The van der Waals surface area contributed by atoms with Crippen molar-refractivity contribution in [1.29, 1.82) is 0 Å². The van der Waals surface area contributed by atoms with E-state index in [1.54, 1.807) is 4.90 Å². The Hall–Kier alpha value is -2.25. The first-order chi connectivity index (χ1) is 13.1. The van der Waals surface area contributed by atoms with Crippen molar-refractivity contribution in [2.24, 2.45) is 0 Å². The molecule has 1 unspecified atom stereocenters. The highest BCUT2D eigenvalue weighted by atomic mass is 16.2. The SMILES string of the molecule is O=C1CCC(N2Cc3ccc(CN[C@@H]4C[C@@H]5CC[C@H]4N5)cc3C2=O)C(=O)N1. The van der Waals surface area contributed by atoms with Crippen molar-refractivity contribution in [2.75, 3.05) is 0 Å². The van der Waals surface area contributed by atoms with Gasteiger partial charge in [0, 0.05) is 43.2 Å². The molecule has 3 amide bonds. The van der Waals surface area contributed by atoms with Crippen molar-refractivity contribution in [3.63, 3.8) is 0 Å². The van der Waals surface area contributed by atoms with Crippen LogP contribution in [0.3, 0.4) is 0 Å². The summed E-state index contributed by atoms with van der Waals surface area (Å²) >= 11 is 0. The molecule has 0 saturated carbocycles. The van der Waals surface area contributed by atoms with Gasteiger partial charge in [-0.15, -0.1) is 0 Å². The van der Waals surface area contributed by atoms with E-state index in [1.807, 2.05) is 12.1 Å². The smallest absolute Gasteiger partial charge is 0.255 e. The van der Waals surface area contributed by atoms with Gasteiger partial charge in [0.2, 0.25) is 11.8 Å². The van der Waals surface area contributed by atoms with E-state index in [0.717, 1.165) is 17.7 Å². The third-order valence-electron chi connectivity index (χ3n) is 6.46. The number of piperidine rings is 1. The number of carbonyl (C=O) groups excluding carboxylic acids is 3. The topological polar surface area (TPSA) is 90.5 Å². The number of carbonyl (C=O) groups is 3. The third-order valence-corrected chi connectivity index (χ3v) is 6.46. The highest BCUT2D eigenvalue weighted by molar-refractivity contribution is 6.05. The van der Waals surface area contributed by atoms with Crippen molar-refractivity contribution >= 4 is 17.7 Å². The largest absolute Gasteiger partial charge is 0.322 e. The number of imide groups is 1. The van der Waals surface area contributed by atoms with Gasteiger partial charge in [0.15, 0.2) is 0 Å². The maximum atomic E-state index is 12.9. The lowest BCUT2D eigenvalue weighted by Crippen LogP contribution is -2.52. The molecule has 5 rings (SSSR count). The average molecular weight is 368 g/mol. The summed E-state index contributed by atoms with van der Waals surface area (Å²) in [6.07, 6.45) is 4.38. The number of benzene rings is 1. The van der Waals surface area contributed by atoms with Crippen LogP contribution in [0.4, 0.5) is 0 Å². The van der Waals surface area contributed by atoms with Crippen LogP contribution in [0.1, 0.15) is 53.6 Å². The fourth-order valence-electron chi connectivity index (χ4n) is 5.01. The zero-order valence-corrected chi connectivity index (χ0v) is 15.2. The second-order valence-electron chi connectivity index (χ2n) is 8.16. The molecule has 142 valence electrons. The van der Waals surface area contributed by atoms with Crippen LogP contribution in [0, 0.1) is 0 Å². The maximum Gasteiger partial charge on any atom is 0.255 e. The van der Waals surface area contributed by atoms with E-state index < -0.39 is 6.04 Å². The van der Waals surface area contributed by atoms with E-state index in [1.165, 1.54) is 19.3 Å². The highest BCUT2D eigenvalue weighted by Crippen LogP contribution is 2.30. The van der Waals surface area contributed by atoms with Crippen LogP contribution in [0.15, 0.2) is 18.2 Å². The van der Waals surface area contributed by atoms with Crippen LogP contribution in [0.5, 0.6) is 0 Å². The number of amides is 3. The number of fused-ring (bicyclic) bond motifs is 3. The zero-order chi connectivity index (χ0) is 18.5. The third kappa shape index (κ3) is 2.95. The van der Waals surface area contributed by atoms with E-state index in [9.17, 15) is 14.4 Å². The van der Waals surface area contributed by atoms with Crippen molar-refractivity contribution in [3.05, 3.63) is 34.9 Å². The molecule has 7 heteroatoms. The molecule has 4 heterocycles. The molecule has 4 atom stereocenters. The Morgan fingerprint density at radius 3 is 2.78 bits per heavy atom. The molecule has 0 aliphatic carbocycles. The average Bonchev–Trinajstić information content (AvgIpc) is 3.35. The fraction of sp³-hybridized carbons (Fsp3) is 0.550. The second kappa shape index (κ2) is 6.42. The molecule has 0 radical (unpaired) electrons. The summed E-state index contributed by atoms with van der Waals surface area (Å²) in [4.78, 5) is 38.0. The number of nitrogens with zero attached hydrogens (tertiary/aromatic N) is 1. The monoisotopic (exact) mass is 368 g/mol. The van der Waals surface area contributed by atoms with Gasteiger partial charge in [-0.05, 0) is 42.9 Å². The van der Waals surface area contributed by atoms with Gasteiger partial charge in [-0.3, -0.25) is 19.7 Å². The lowest BCUT2D eigenvalue weighted by molar-refractivity contribution is -0.136. The van der Waals surface area contributed by atoms with Gasteiger partial charge in [-0.25, -0.2) is 0 Å². The highest BCUT2D eigenvalue weighted by Gasteiger charge is 2.40. The Morgan fingerprint density at radius 2 is 2.04 bits per heavy atom. The van der Waals surface area contributed by atoms with Crippen LogP contribution in [0.2, 0.25) is 0 Å². The van der Waals surface area contributed by atoms with Gasteiger partial charge in [0.25, 0.3) is 5.91 Å². The summed E-state index contributed by atoms with van der Waals surface area (Å²) < 4.78 is 0. The Labute approximate surface area is 157 Å². The molecule has 7 nitrogen and oxygen atoms in total. The first-order valence-electron chi connectivity index (χ1n) is 9.84. The molecule has 1 aromatic rings. The minimum absolute atomic E-state index is 0.108. The zero-order valence-electron chi connectivity index (χ0n) is 15.2.